The van der Waals surface area contributed by atoms with Crippen LogP contribution in [0.4, 0.5) is 0 Å². The van der Waals surface area contributed by atoms with Crippen LogP contribution in [-0.2, 0) is 33.1 Å². The molecule has 232 valence electrons. The zero-order valence-corrected chi connectivity index (χ0v) is 26.0. The largest absolute Gasteiger partial charge is 0.494 e. The maximum Gasteiger partial charge on any atom is 0.240 e. The van der Waals surface area contributed by atoms with E-state index in [0.717, 1.165) is 30.4 Å². The Bertz CT molecular complexity index is 1740. The van der Waals surface area contributed by atoms with E-state index in [1.807, 2.05) is 36.4 Å². The minimum atomic E-state index is -3.72. The second-order valence-corrected chi connectivity index (χ2v) is 13.5. The van der Waals surface area contributed by atoms with Gasteiger partial charge in [-0.2, -0.15) is 10.5 Å². The molecule has 0 saturated heterocycles. The first-order valence-corrected chi connectivity index (χ1v) is 17.1. The van der Waals surface area contributed by atoms with Crippen LogP contribution in [0.3, 0.4) is 0 Å². The van der Waals surface area contributed by atoms with Gasteiger partial charge in [0.25, 0.3) is 0 Å². The van der Waals surface area contributed by atoms with Crippen molar-refractivity contribution >= 4 is 20.0 Å². The standard InChI is InChI=1S/C33H32N4O6S2/c34-22-26-10-14-32(15-11-26)44(38,39)36-24-28-6-4-8-30(20-28)42-18-2-1-3-19-43-31-9-5-7-29(21-31)25-37-45(40,41)33-16-12-27(23-35)13-17-33/h4-17,20-21,36-37H,1-3,18-19,24-25H2. The second kappa shape index (κ2) is 15.8. The van der Waals surface area contributed by atoms with Gasteiger partial charge in [-0.3, -0.25) is 0 Å². The molecular formula is C33H32N4O6S2. The van der Waals surface area contributed by atoms with Crippen LogP contribution in [0, 0.1) is 22.7 Å². The van der Waals surface area contributed by atoms with Crippen LogP contribution in [0.5, 0.6) is 11.5 Å². The van der Waals surface area contributed by atoms with Crippen LogP contribution < -0.4 is 18.9 Å². The Morgan fingerprint density at radius 2 is 0.956 bits per heavy atom. The first-order chi connectivity index (χ1) is 21.7. The SMILES string of the molecule is N#Cc1ccc(S(=O)(=O)NCc2cccc(OCCCCCOc3cccc(CNS(=O)(=O)c4ccc(C#N)cc4)c3)c2)cc1. The van der Waals surface area contributed by atoms with Crippen molar-refractivity contribution in [2.75, 3.05) is 13.2 Å². The Morgan fingerprint density at radius 3 is 1.33 bits per heavy atom. The van der Waals surface area contributed by atoms with Gasteiger partial charge >= 0.3 is 0 Å². The number of hydrogen-bond acceptors (Lipinski definition) is 8. The number of unbranched alkanes of at least 4 members (excludes halogenated alkanes) is 2. The molecule has 0 aliphatic carbocycles. The van der Waals surface area contributed by atoms with E-state index >= 15 is 0 Å². The molecule has 0 aromatic heterocycles. The van der Waals surface area contributed by atoms with Gasteiger partial charge in [-0.05, 0) is 103 Å². The summed E-state index contributed by atoms with van der Waals surface area (Å²) in [6.45, 7) is 1.19. The highest BCUT2D eigenvalue weighted by Gasteiger charge is 2.15. The summed E-state index contributed by atoms with van der Waals surface area (Å²) in [7, 11) is -7.44. The van der Waals surface area contributed by atoms with Crippen molar-refractivity contribution < 1.29 is 26.3 Å². The molecule has 0 radical (unpaired) electrons. The number of rotatable bonds is 16. The fourth-order valence-electron chi connectivity index (χ4n) is 4.19. The van der Waals surface area contributed by atoms with Crippen LogP contribution in [0.25, 0.3) is 0 Å². The van der Waals surface area contributed by atoms with Crippen LogP contribution in [0.2, 0.25) is 0 Å². The predicted molar refractivity (Wildman–Crippen MR) is 168 cm³/mol. The first-order valence-electron chi connectivity index (χ1n) is 14.1. The van der Waals surface area contributed by atoms with Crippen LogP contribution >= 0.6 is 0 Å². The zero-order chi connectivity index (χ0) is 32.1. The van der Waals surface area contributed by atoms with E-state index in [9.17, 15) is 16.8 Å². The minimum Gasteiger partial charge on any atom is -0.494 e. The van der Waals surface area contributed by atoms with Gasteiger partial charge in [0.2, 0.25) is 20.0 Å². The summed E-state index contributed by atoms with van der Waals surface area (Å²) in [4.78, 5) is 0.184. The van der Waals surface area contributed by atoms with E-state index in [2.05, 4.69) is 9.44 Å². The molecule has 0 heterocycles. The van der Waals surface area contributed by atoms with Gasteiger partial charge in [-0.15, -0.1) is 0 Å². The Morgan fingerprint density at radius 1 is 0.556 bits per heavy atom. The molecular weight excluding hydrogens is 613 g/mol. The normalized spacial score (nSPS) is 11.3. The zero-order valence-electron chi connectivity index (χ0n) is 24.3. The fraction of sp³-hybridized carbons (Fsp3) is 0.212. The van der Waals surface area contributed by atoms with Crippen molar-refractivity contribution in [3.63, 3.8) is 0 Å². The van der Waals surface area contributed by atoms with E-state index in [0.29, 0.717) is 35.8 Å². The predicted octanol–water partition coefficient (Wildman–Crippen LogP) is 5.02. The van der Waals surface area contributed by atoms with Gasteiger partial charge in [0.05, 0.1) is 46.3 Å². The van der Waals surface area contributed by atoms with E-state index in [-0.39, 0.29) is 22.9 Å². The molecule has 0 fully saturated rings. The fourth-order valence-corrected chi connectivity index (χ4v) is 6.23. The van der Waals surface area contributed by atoms with E-state index in [4.69, 9.17) is 20.0 Å². The molecule has 0 spiro atoms. The highest BCUT2D eigenvalue weighted by atomic mass is 32.2. The van der Waals surface area contributed by atoms with Crippen molar-refractivity contribution in [1.29, 1.82) is 10.5 Å². The molecule has 45 heavy (non-hydrogen) atoms. The topological polar surface area (TPSA) is 158 Å². The van der Waals surface area contributed by atoms with Gasteiger partial charge < -0.3 is 9.47 Å². The third-order valence-corrected chi connectivity index (χ3v) is 9.48. The summed E-state index contributed by atoms with van der Waals surface area (Å²) >= 11 is 0. The van der Waals surface area contributed by atoms with E-state index in [1.54, 1.807) is 24.3 Å². The molecule has 12 heteroatoms. The second-order valence-electron chi connectivity index (χ2n) is 9.97. The summed E-state index contributed by atoms with van der Waals surface area (Å²) in [5.74, 6) is 1.29. The molecule has 4 aromatic carbocycles. The van der Waals surface area contributed by atoms with Gasteiger partial charge in [-0.1, -0.05) is 24.3 Å². The van der Waals surface area contributed by atoms with Crippen LogP contribution in [-0.4, -0.2) is 30.0 Å². The maximum absolute atomic E-state index is 12.6. The Balaban J connectivity index is 1.14. The van der Waals surface area contributed by atoms with Crippen molar-refractivity contribution in [1.82, 2.24) is 9.44 Å². The smallest absolute Gasteiger partial charge is 0.240 e. The number of nitriles is 2. The molecule has 2 N–H and O–H groups in total. The maximum atomic E-state index is 12.6. The van der Waals surface area contributed by atoms with E-state index in [1.165, 1.54) is 48.5 Å². The van der Waals surface area contributed by atoms with Crippen LogP contribution in [0.1, 0.15) is 41.5 Å². The molecule has 0 aliphatic rings. The van der Waals surface area contributed by atoms with Crippen molar-refractivity contribution in [3.05, 3.63) is 119 Å². The summed E-state index contributed by atoms with van der Waals surface area (Å²) < 4.78 is 67.1. The third kappa shape index (κ3) is 10.2. The number of nitrogens with one attached hydrogen (secondary N) is 2. The van der Waals surface area contributed by atoms with Crippen molar-refractivity contribution in [2.24, 2.45) is 0 Å². The lowest BCUT2D eigenvalue weighted by Crippen LogP contribution is -2.23. The van der Waals surface area contributed by atoms with Crippen molar-refractivity contribution in [2.45, 2.75) is 42.1 Å². The highest BCUT2D eigenvalue weighted by Crippen LogP contribution is 2.18. The van der Waals surface area contributed by atoms with Gasteiger partial charge in [0.1, 0.15) is 11.5 Å². The first kappa shape index (κ1) is 33.2. The summed E-state index contributed by atoms with van der Waals surface area (Å²) in [5.41, 5.74) is 2.28. The lowest BCUT2D eigenvalue weighted by molar-refractivity contribution is 0.279. The summed E-state index contributed by atoms with van der Waals surface area (Å²) in [6, 6.07) is 29.8. The molecule has 0 aliphatic heterocycles. The van der Waals surface area contributed by atoms with Gasteiger partial charge in [0.15, 0.2) is 0 Å². The number of hydrogen-bond donors (Lipinski definition) is 2. The molecule has 0 unspecified atom stereocenters. The Labute approximate surface area is 264 Å². The number of nitrogens with zero attached hydrogens (tertiary/aromatic N) is 2. The Kier molecular flexibility index (Phi) is 11.7. The van der Waals surface area contributed by atoms with E-state index < -0.39 is 20.0 Å². The molecule has 4 aromatic rings. The van der Waals surface area contributed by atoms with Gasteiger partial charge in [0, 0.05) is 13.1 Å². The molecule has 0 saturated carbocycles. The average Bonchev–Trinajstić information content (AvgIpc) is 3.06. The molecule has 4 rings (SSSR count). The quantitative estimate of drug-likeness (QED) is 0.161. The average molecular weight is 645 g/mol. The van der Waals surface area contributed by atoms with Crippen LogP contribution in [0.15, 0.2) is 107 Å². The molecule has 0 atom stereocenters. The lowest BCUT2D eigenvalue weighted by Gasteiger charge is -2.11. The molecule has 0 bridgehead atoms. The lowest BCUT2D eigenvalue weighted by atomic mass is 10.2. The third-order valence-electron chi connectivity index (χ3n) is 6.64. The number of sulfonamides is 2. The van der Waals surface area contributed by atoms with Gasteiger partial charge in [-0.25, -0.2) is 26.3 Å². The molecule has 0 amide bonds. The summed E-state index contributed by atoms with van der Waals surface area (Å²) in [5, 5.41) is 17.8. The van der Waals surface area contributed by atoms with Crippen molar-refractivity contribution in [3.8, 4) is 23.6 Å². The minimum absolute atomic E-state index is 0.0918. The monoisotopic (exact) mass is 644 g/mol. The number of ether oxygens (including phenoxy) is 2. The number of benzene rings is 4. The summed E-state index contributed by atoms with van der Waals surface area (Å²) in [6.07, 6.45) is 2.47. The highest BCUT2D eigenvalue weighted by molar-refractivity contribution is 7.89. The molecule has 10 nitrogen and oxygen atoms in total. The Hall–Kier alpha value is -4.72.